The van der Waals surface area contributed by atoms with Crippen molar-refractivity contribution in [2.24, 2.45) is 5.92 Å². The lowest BCUT2D eigenvalue weighted by molar-refractivity contribution is 0.0951. The molecular weight excluding hydrogens is 442 g/mol. The lowest BCUT2D eigenvalue weighted by atomic mass is 9.89. The first-order chi connectivity index (χ1) is 14.7. The normalized spacial score (nSPS) is 17.2. The van der Waals surface area contributed by atoms with Gasteiger partial charge in [0.05, 0.1) is 11.9 Å². The van der Waals surface area contributed by atoms with Gasteiger partial charge in [-0.15, -0.1) is 0 Å². The van der Waals surface area contributed by atoms with Crippen molar-refractivity contribution in [3.8, 4) is 11.3 Å². The highest BCUT2D eigenvalue weighted by molar-refractivity contribution is 9.10. The highest BCUT2D eigenvalue weighted by atomic mass is 79.9. The van der Waals surface area contributed by atoms with Crippen LogP contribution in [-0.4, -0.2) is 32.9 Å². The van der Waals surface area contributed by atoms with Gasteiger partial charge < -0.3 is 10.6 Å². The number of carbonyl (C=O) groups excluding carboxylic acids is 1. The average Bonchev–Trinajstić information content (AvgIpc) is 3.48. The van der Waals surface area contributed by atoms with E-state index in [0.29, 0.717) is 17.5 Å². The molecule has 2 aliphatic carbocycles. The van der Waals surface area contributed by atoms with E-state index in [2.05, 4.69) is 40.9 Å². The fourth-order valence-corrected chi connectivity index (χ4v) is 4.59. The minimum Gasteiger partial charge on any atom is -0.367 e. The Hall–Kier alpha value is -2.41. The number of nitrogens with zero attached hydrogens (tertiary/aromatic N) is 3. The van der Waals surface area contributed by atoms with Crippen molar-refractivity contribution in [2.75, 3.05) is 11.9 Å². The first kappa shape index (κ1) is 19.5. The number of aromatic nitrogens is 3. The molecule has 5 rings (SSSR count). The van der Waals surface area contributed by atoms with Crippen molar-refractivity contribution in [3.05, 3.63) is 46.8 Å². The second-order valence-electron chi connectivity index (χ2n) is 8.46. The summed E-state index contributed by atoms with van der Waals surface area (Å²) in [6.45, 7) is 0.937. The average molecular weight is 468 g/mol. The Morgan fingerprint density at radius 1 is 1.10 bits per heavy atom. The summed E-state index contributed by atoms with van der Waals surface area (Å²) in [6, 6.07) is 8.08. The van der Waals surface area contributed by atoms with Gasteiger partial charge in [-0.25, -0.2) is 9.97 Å². The number of carbonyl (C=O) groups is 1. The van der Waals surface area contributed by atoms with E-state index in [1.54, 1.807) is 0 Å². The molecule has 6 nitrogen and oxygen atoms in total. The molecule has 1 amide bonds. The second kappa shape index (κ2) is 8.38. The van der Waals surface area contributed by atoms with Gasteiger partial charge in [0.2, 0.25) is 0 Å². The Kier molecular flexibility index (Phi) is 5.46. The van der Waals surface area contributed by atoms with Crippen molar-refractivity contribution < 1.29 is 4.79 Å². The van der Waals surface area contributed by atoms with Gasteiger partial charge in [-0.3, -0.25) is 9.20 Å². The lowest BCUT2D eigenvalue weighted by Crippen LogP contribution is -2.25. The van der Waals surface area contributed by atoms with Crippen LogP contribution in [0.15, 0.2) is 41.3 Å². The third kappa shape index (κ3) is 4.21. The predicted octanol–water partition coefficient (Wildman–Crippen LogP) is 5.04. The van der Waals surface area contributed by atoms with Crippen LogP contribution in [0, 0.1) is 5.92 Å². The molecule has 0 atom stereocenters. The largest absolute Gasteiger partial charge is 0.367 e. The van der Waals surface area contributed by atoms with Crippen LogP contribution in [0.2, 0.25) is 0 Å². The third-order valence-electron chi connectivity index (χ3n) is 6.10. The molecule has 0 bridgehead atoms. The SMILES string of the molecule is O=C(NC1CC1)c1ccc(-c2cnc3c(NCC4CCCCC4)nc(Br)cn23)cc1. The molecule has 2 saturated carbocycles. The van der Waals surface area contributed by atoms with E-state index in [0.717, 1.165) is 46.7 Å². The molecule has 1 aromatic carbocycles. The fraction of sp³-hybridized carbons (Fsp3) is 0.435. The summed E-state index contributed by atoms with van der Waals surface area (Å²) in [5.41, 5.74) is 3.50. The van der Waals surface area contributed by atoms with Crippen molar-refractivity contribution >= 4 is 33.3 Å². The van der Waals surface area contributed by atoms with Gasteiger partial charge in [0.25, 0.3) is 5.91 Å². The maximum atomic E-state index is 12.2. The van der Waals surface area contributed by atoms with E-state index in [1.807, 2.05) is 36.7 Å². The lowest BCUT2D eigenvalue weighted by Gasteiger charge is -2.22. The van der Waals surface area contributed by atoms with Gasteiger partial charge >= 0.3 is 0 Å². The topological polar surface area (TPSA) is 71.3 Å². The van der Waals surface area contributed by atoms with Crippen molar-refractivity contribution in [1.29, 1.82) is 0 Å². The van der Waals surface area contributed by atoms with Gasteiger partial charge in [-0.1, -0.05) is 31.4 Å². The number of rotatable bonds is 6. The number of amides is 1. The zero-order valence-electron chi connectivity index (χ0n) is 16.9. The summed E-state index contributed by atoms with van der Waals surface area (Å²) in [4.78, 5) is 21.5. The molecule has 2 aromatic heterocycles. The minimum atomic E-state index is 0.00309. The van der Waals surface area contributed by atoms with Crippen LogP contribution in [0.3, 0.4) is 0 Å². The fourth-order valence-electron chi connectivity index (χ4n) is 4.21. The van der Waals surface area contributed by atoms with Crippen molar-refractivity contribution in [2.45, 2.75) is 51.0 Å². The zero-order valence-corrected chi connectivity index (χ0v) is 18.5. The smallest absolute Gasteiger partial charge is 0.251 e. The molecule has 0 radical (unpaired) electrons. The predicted molar refractivity (Wildman–Crippen MR) is 122 cm³/mol. The maximum Gasteiger partial charge on any atom is 0.251 e. The third-order valence-corrected chi connectivity index (χ3v) is 6.48. The van der Waals surface area contributed by atoms with Gasteiger partial charge in [-0.2, -0.15) is 0 Å². The van der Waals surface area contributed by atoms with Crippen molar-refractivity contribution in [3.63, 3.8) is 0 Å². The quantitative estimate of drug-likeness (QED) is 0.532. The Morgan fingerprint density at radius 3 is 2.60 bits per heavy atom. The Morgan fingerprint density at radius 2 is 1.87 bits per heavy atom. The van der Waals surface area contributed by atoms with E-state index >= 15 is 0 Å². The van der Waals surface area contributed by atoms with Gasteiger partial charge in [0, 0.05) is 29.9 Å². The number of hydrogen-bond acceptors (Lipinski definition) is 4. The highest BCUT2D eigenvalue weighted by Gasteiger charge is 2.23. The molecule has 0 spiro atoms. The van der Waals surface area contributed by atoms with Crippen LogP contribution in [0.1, 0.15) is 55.3 Å². The molecule has 30 heavy (non-hydrogen) atoms. The summed E-state index contributed by atoms with van der Waals surface area (Å²) in [5.74, 6) is 1.52. The Bertz CT molecular complexity index is 1050. The molecule has 2 aliphatic rings. The summed E-state index contributed by atoms with van der Waals surface area (Å²) >= 11 is 3.55. The Balaban J connectivity index is 1.38. The van der Waals surface area contributed by atoms with Crippen LogP contribution >= 0.6 is 15.9 Å². The van der Waals surface area contributed by atoms with E-state index in [-0.39, 0.29) is 5.91 Å². The van der Waals surface area contributed by atoms with Gasteiger partial charge in [-0.05, 0) is 59.7 Å². The van der Waals surface area contributed by atoms with Gasteiger partial charge in [0.15, 0.2) is 11.5 Å². The molecule has 7 heteroatoms. The number of anilines is 1. The monoisotopic (exact) mass is 467 g/mol. The first-order valence-corrected chi connectivity index (χ1v) is 11.7. The molecule has 156 valence electrons. The summed E-state index contributed by atoms with van der Waals surface area (Å²) < 4.78 is 2.82. The molecule has 0 unspecified atom stereocenters. The molecule has 2 fully saturated rings. The summed E-state index contributed by atoms with van der Waals surface area (Å²) in [7, 11) is 0. The number of benzene rings is 1. The molecule has 3 aromatic rings. The molecule has 0 saturated heterocycles. The van der Waals surface area contributed by atoms with E-state index < -0.39 is 0 Å². The van der Waals surface area contributed by atoms with E-state index in [9.17, 15) is 4.79 Å². The first-order valence-electron chi connectivity index (χ1n) is 10.9. The number of imidazole rings is 1. The minimum absolute atomic E-state index is 0.00309. The Labute approximate surface area is 184 Å². The van der Waals surface area contributed by atoms with E-state index in [4.69, 9.17) is 0 Å². The second-order valence-corrected chi connectivity index (χ2v) is 9.27. The van der Waals surface area contributed by atoms with Crippen LogP contribution < -0.4 is 10.6 Å². The summed E-state index contributed by atoms with van der Waals surface area (Å²) in [6.07, 6.45) is 12.6. The summed E-state index contributed by atoms with van der Waals surface area (Å²) in [5, 5.41) is 6.56. The van der Waals surface area contributed by atoms with Gasteiger partial charge in [0.1, 0.15) is 4.60 Å². The van der Waals surface area contributed by atoms with E-state index in [1.165, 1.54) is 32.1 Å². The maximum absolute atomic E-state index is 12.2. The standard InChI is InChI=1S/C23H26BrN5O/c24-20-14-29-19(16-6-8-17(9-7-16)23(30)27-18-10-11-18)13-26-22(29)21(28-20)25-12-15-4-2-1-3-5-15/h6-9,13-15,18H,1-5,10-12H2,(H,25,28)(H,27,30). The number of nitrogens with one attached hydrogen (secondary N) is 2. The number of halogens is 1. The van der Waals surface area contributed by atoms with Crippen LogP contribution in [0.5, 0.6) is 0 Å². The molecule has 2 N–H and O–H groups in total. The number of hydrogen-bond donors (Lipinski definition) is 2. The molecule has 0 aliphatic heterocycles. The van der Waals surface area contributed by atoms with Crippen LogP contribution in [0.25, 0.3) is 16.9 Å². The highest BCUT2D eigenvalue weighted by Crippen LogP contribution is 2.28. The zero-order chi connectivity index (χ0) is 20.5. The molecular formula is C23H26BrN5O. The van der Waals surface area contributed by atoms with Crippen molar-refractivity contribution in [1.82, 2.24) is 19.7 Å². The number of fused-ring (bicyclic) bond motifs is 1. The van der Waals surface area contributed by atoms with Crippen LogP contribution in [-0.2, 0) is 0 Å². The molecule has 2 heterocycles. The van der Waals surface area contributed by atoms with Crippen LogP contribution in [0.4, 0.5) is 5.82 Å².